The van der Waals surface area contributed by atoms with E-state index < -0.39 is 17.8 Å². The predicted octanol–water partition coefficient (Wildman–Crippen LogP) is 4.58. The SMILES string of the molecule is O=C(COc1ccccc1F)Nc1ccc(Cl)cc1[C@@H](O)c1ccccc1. The third kappa shape index (κ3) is 4.84. The average Bonchev–Trinajstić information content (AvgIpc) is 2.69. The number of halogens is 2. The number of hydrogen-bond donors (Lipinski definition) is 2. The quantitative estimate of drug-likeness (QED) is 0.653. The number of ether oxygens (including phenoxy) is 1. The van der Waals surface area contributed by atoms with E-state index >= 15 is 0 Å². The van der Waals surface area contributed by atoms with E-state index in [1.807, 2.05) is 18.2 Å². The number of para-hydroxylation sites is 1. The second-order valence-electron chi connectivity index (χ2n) is 5.81. The number of anilines is 1. The van der Waals surface area contributed by atoms with Crippen molar-refractivity contribution in [3.8, 4) is 5.75 Å². The van der Waals surface area contributed by atoms with Crippen molar-refractivity contribution in [3.63, 3.8) is 0 Å². The molecule has 4 nitrogen and oxygen atoms in total. The Labute approximate surface area is 161 Å². The first kappa shape index (κ1) is 18.9. The first-order chi connectivity index (χ1) is 13.0. The Bertz CT molecular complexity index is 934. The molecule has 0 radical (unpaired) electrons. The van der Waals surface area contributed by atoms with Gasteiger partial charge in [0.05, 0.1) is 0 Å². The van der Waals surface area contributed by atoms with Crippen molar-refractivity contribution in [2.45, 2.75) is 6.10 Å². The Kier molecular flexibility index (Phi) is 6.06. The topological polar surface area (TPSA) is 58.6 Å². The molecule has 138 valence electrons. The second kappa shape index (κ2) is 8.66. The molecule has 0 unspecified atom stereocenters. The summed E-state index contributed by atoms with van der Waals surface area (Å²) in [6.07, 6.45) is -0.965. The molecule has 0 aliphatic carbocycles. The van der Waals surface area contributed by atoms with Crippen LogP contribution in [0.3, 0.4) is 0 Å². The molecule has 0 spiro atoms. The number of carbonyl (C=O) groups is 1. The van der Waals surface area contributed by atoms with Gasteiger partial charge < -0.3 is 15.2 Å². The molecule has 6 heteroatoms. The van der Waals surface area contributed by atoms with E-state index in [4.69, 9.17) is 16.3 Å². The zero-order valence-electron chi connectivity index (χ0n) is 14.2. The predicted molar refractivity (Wildman–Crippen MR) is 102 cm³/mol. The lowest BCUT2D eigenvalue weighted by molar-refractivity contribution is -0.118. The van der Waals surface area contributed by atoms with E-state index in [2.05, 4.69) is 5.32 Å². The third-order valence-electron chi connectivity index (χ3n) is 3.89. The van der Waals surface area contributed by atoms with Crippen LogP contribution in [0.15, 0.2) is 72.8 Å². The molecule has 0 aromatic heterocycles. The monoisotopic (exact) mass is 385 g/mol. The first-order valence-electron chi connectivity index (χ1n) is 8.24. The van der Waals surface area contributed by atoms with Crippen LogP contribution in [-0.4, -0.2) is 17.6 Å². The molecule has 1 atom stereocenters. The minimum absolute atomic E-state index is 0.00620. The fourth-order valence-corrected chi connectivity index (χ4v) is 2.76. The van der Waals surface area contributed by atoms with E-state index in [1.54, 1.807) is 36.4 Å². The molecule has 3 rings (SSSR count). The number of rotatable bonds is 6. The van der Waals surface area contributed by atoms with E-state index in [0.717, 1.165) is 0 Å². The standard InChI is InChI=1S/C21H17ClFNO3/c22-15-10-11-18(16(12-15)21(26)14-6-2-1-3-7-14)24-20(25)13-27-19-9-5-4-8-17(19)23/h1-12,21,26H,13H2,(H,24,25)/t21-/m0/s1. The van der Waals surface area contributed by atoms with Crippen molar-refractivity contribution in [2.75, 3.05) is 11.9 Å². The zero-order valence-corrected chi connectivity index (χ0v) is 15.0. The third-order valence-corrected chi connectivity index (χ3v) is 4.13. The van der Waals surface area contributed by atoms with Gasteiger partial charge in [0.25, 0.3) is 5.91 Å². The number of aliphatic hydroxyl groups is 1. The van der Waals surface area contributed by atoms with Crippen molar-refractivity contribution < 1.29 is 19.0 Å². The summed E-state index contributed by atoms with van der Waals surface area (Å²) < 4.78 is 18.8. The summed E-state index contributed by atoms with van der Waals surface area (Å²) >= 11 is 6.05. The normalized spacial score (nSPS) is 11.7. The molecule has 3 aromatic carbocycles. The van der Waals surface area contributed by atoms with Crippen molar-refractivity contribution in [2.24, 2.45) is 0 Å². The van der Waals surface area contributed by atoms with Gasteiger partial charge in [0, 0.05) is 16.3 Å². The molecule has 0 bridgehead atoms. The molecule has 2 N–H and O–H groups in total. The largest absolute Gasteiger partial charge is 0.481 e. The maximum atomic E-state index is 13.6. The van der Waals surface area contributed by atoms with Gasteiger partial charge in [-0.1, -0.05) is 54.1 Å². The Morgan fingerprint density at radius 3 is 2.52 bits per heavy atom. The number of amides is 1. The summed E-state index contributed by atoms with van der Waals surface area (Å²) in [6, 6.07) is 19.7. The van der Waals surface area contributed by atoms with Gasteiger partial charge in [-0.2, -0.15) is 0 Å². The molecule has 3 aromatic rings. The van der Waals surface area contributed by atoms with Crippen molar-refractivity contribution in [1.82, 2.24) is 0 Å². The summed E-state index contributed by atoms with van der Waals surface area (Å²) in [7, 11) is 0. The van der Waals surface area contributed by atoms with E-state index in [-0.39, 0.29) is 12.4 Å². The summed E-state index contributed by atoms with van der Waals surface area (Å²) in [4.78, 5) is 12.2. The van der Waals surface area contributed by atoms with Crippen molar-refractivity contribution in [1.29, 1.82) is 0 Å². The van der Waals surface area contributed by atoms with Gasteiger partial charge >= 0.3 is 0 Å². The van der Waals surface area contributed by atoms with Crippen LogP contribution < -0.4 is 10.1 Å². The smallest absolute Gasteiger partial charge is 0.262 e. The molecule has 0 saturated heterocycles. The molecular formula is C21H17ClFNO3. The average molecular weight is 386 g/mol. The maximum Gasteiger partial charge on any atom is 0.262 e. The maximum absolute atomic E-state index is 13.6. The number of nitrogens with one attached hydrogen (secondary N) is 1. The fraction of sp³-hybridized carbons (Fsp3) is 0.0952. The van der Waals surface area contributed by atoms with Crippen LogP contribution in [0.4, 0.5) is 10.1 Å². The minimum atomic E-state index is -0.965. The Balaban J connectivity index is 1.75. The van der Waals surface area contributed by atoms with Crippen molar-refractivity contribution >= 4 is 23.2 Å². The summed E-state index contributed by atoms with van der Waals surface area (Å²) in [5.41, 5.74) is 1.52. The molecule has 27 heavy (non-hydrogen) atoms. The molecule has 0 aliphatic heterocycles. The Hall–Kier alpha value is -2.89. The van der Waals surface area contributed by atoms with Gasteiger partial charge in [-0.15, -0.1) is 0 Å². The highest BCUT2D eigenvalue weighted by Crippen LogP contribution is 2.31. The molecular weight excluding hydrogens is 369 g/mol. The number of carbonyl (C=O) groups excluding carboxylic acids is 1. The lowest BCUT2D eigenvalue weighted by Gasteiger charge is -2.17. The molecule has 0 aliphatic rings. The molecule has 0 saturated carbocycles. The Morgan fingerprint density at radius 1 is 1.07 bits per heavy atom. The van der Waals surface area contributed by atoms with Crippen LogP contribution in [-0.2, 0) is 4.79 Å². The fourth-order valence-electron chi connectivity index (χ4n) is 2.58. The van der Waals surface area contributed by atoms with Crippen LogP contribution in [0, 0.1) is 5.82 Å². The van der Waals surface area contributed by atoms with Gasteiger partial charge in [0.15, 0.2) is 18.2 Å². The number of hydrogen-bond acceptors (Lipinski definition) is 3. The lowest BCUT2D eigenvalue weighted by Crippen LogP contribution is -2.21. The highest BCUT2D eigenvalue weighted by molar-refractivity contribution is 6.30. The first-order valence-corrected chi connectivity index (χ1v) is 8.62. The zero-order chi connectivity index (χ0) is 19.2. The Morgan fingerprint density at radius 2 is 1.78 bits per heavy atom. The van der Waals surface area contributed by atoms with E-state index in [0.29, 0.717) is 21.8 Å². The van der Waals surface area contributed by atoms with Crippen molar-refractivity contribution in [3.05, 3.63) is 94.8 Å². The number of benzene rings is 3. The van der Waals surface area contributed by atoms with Gasteiger partial charge in [0.2, 0.25) is 0 Å². The van der Waals surface area contributed by atoms with Crippen LogP contribution in [0.1, 0.15) is 17.2 Å². The van der Waals surface area contributed by atoms with Gasteiger partial charge in [-0.05, 0) is 35.9 Å². The molecule has 0 heterocycles. The summed E-state index contributed by atoms with van der Waals surface area (Å²) in [6.45, 7) is -0.371. The lowest BCUT2D eigenvalue weighted by atomic mass is 10.00. The summed E-state index contributed by atoms with van der Waals surface area (Å²) in [5, 5.41) is 13.8. The highest BCUT2D eigenvalue weighted by atomic mass is 35.5. The van der Waals surface area contributed by atoms with Crippen LogP contribution in [0.2, 0.25) is 5.02 Å². The number of aliphatic hydroxyl groups excluding tert-OH is 1. The highest BCUT2D eigenvalue weighted by Gasteiger charge is 2.17. The van der Waals surface area contributed by atoms with Gasteiger partial charge in [-0.3, -0.25) is 4.79 Å². The van der Waals surface area contributed by atoms with Gasteiger partial charge in [0.1, 0.15) is 6.10 Å². The van der Waals surface area contributed by atoms with E-state index in [1.165, 1.54) is 18.2 Å². The van der Waals surface area contributed by atoms with Crippen LogP contribution in [0.5, 0.6) is 5.75 Å². The van der Waals surface area contributed by atoms with Gasteiger partial charge in [-0.25, -0.2) is 4.39 Å². The summed E-state index contributed by atoms with van der Waals surface area (Å²) in [5.74, 6) is -1.03. The van der Waals surface area contributed by atoms with Crippen LogP contribution >= 0.6 is 11.6 Å². The van der Waals surface area contributed by atoms with E-state index in [9.17, 15) is 14.3 Å². The minimum Gasteiger partial charge on any atom is -0.481 e. The van der Waals surface area contributed by atoms with Crippen LogP contribution in [0.25, 0.3) is 0 Å². The second-order valence-corrected chi connectivity index (χ2v) is 6.25. The molecule has 0 fully saturated rings. The molecule has 1 amide bonds.